The second kappa shape index (κ2) is 8.62. The lowest BCUT2D eigenvalue weighted by atomic mass is 10.0. The van der Waals surface area contributed by atoms with Crippen LogP contribution in [0.25, 0.3) is 0 Å². The Bertz CT molecular complexity index is 757. The molecule has 5 heteroatoms. The van der Waals surface area contributed by atoms with Gasteiger partial charge in [-0.05, 0) is 55.7 Å². The van der Waals surface area contributed by atoms with E-state index in [9.17, 15) is 4.79 Å². The van der Waals surface area contributed by atoms with Crippen LogP contribution in [0.1, 0.15) is 46.4 Å². The van der Waals surface area contributed by atoms with E-state index >= 15 is 0 Å². The second-order valence-corrected chi connectivity index (χ2v) is 6.40. The number of benzene rings is 2. The van der Waals surface area contributed by atoms with Gasteiger partial charge < -0.3 is 15.4 Å². The molecule has 1 atom stereocenters. The van der Waals surface area contributed by atoms with Crippen LogP contribution in [0.4, 0.5) is 5.69 Å². The fourth-order valence-electron chi connectivity index (χ4n) is 2.54. The zero-order chi connectivity index (χ0) is 18.4. The Hall–Kier alpha value is -2.40. The summed E-state index contributed by atoms with van der Waals surface area (Å²) in [6, 6.07) is 13.9. The molecule has 0 amide bonds. The Kier molecular flexibility index (Phi) is 6.53. The van der Waals surface area contributed by atoms with Crippen molar-refractivity contribution in [2.24, 2.45) is 0 Å². The van der Waals surface area contributed by atoms with E-state index in [-0.39, 0.29) is 12.0 Å². The van der Waals surface area contributed by atoms with Gasteiger partial charge in [-0.1, -0.05) is 42.8 Å². The smallest absolute Gasteiger partial charge is 0.337 e. The average molecular weight is 356 g/mol. The molecule has 2 aromatic rings. The van der Waals surface area contributed by atoms with Crippen molar-refractivity contribution in [1.29, 1.82) is 0 Å². The number of anilines is 1. The molecule has 25 heavy (non-hydrogen) atoms. The van der Waals surface area contributed by atoms with Crippen molar-refractivity contribution in [2.45, 2.75) is 33.2 Å². The summed E-state index contributed by atoms with van der Waals surface area (Å²) in [5.74, 6) is -0.368. The average Bonchev–Trinajstić information content (AvgIpc) is 2.61. The Morgan fingerprint density at radius 2 is 1.84 bits per heavy atom. The number of aryl methyl sites for hydroxylation is 2. The predicted molar refractivity (Wildman–Crippen MR) is 106 cm³/mol. The van der Waals surface area contributed by atoms with E-state index in [2.05, 4.69) is 48.7 Å². The van der Waals surface area contributed by atoms with Gasteiger partial charge in [-0.25, -0.2) is 4.79 Å². The van der Waals surface area contributed by atoms with Crippen LogP contribution < -0.4 is 10.6 Å². The van der Waals surface area contributed by atoms with Crippen LogP contribution in [0.3, 0.4) is 0 Å². The SMILES string of the molecule is CC[C@H](NC(=S)Nc1cc(C(=O)OC)ccc1C)c1ccc(C)cc1. The number of hydrogen-bond acceptors (Lipinski definition) is 3. The van der Waals surface area contributed by atoms with Crippen molar-refractivity contribution < 1.29 is 9.53 Å². The quantitative estimate of drug-likeness (QED) is 0.609. The third-order valence-electron chi connectivity index (χ3n) is 4.10. The first-order chi connectivity index (χ1) is 11.9. The van der Waals surface area contributed by atoms with Crippen molar-refractivity contribution in [2.75, 3.05) is 12.4 Å². The van der Waals surface area contributed by atoms with Gasteiger partial charge in [0, 0.05) is 5.69 Å². The summed E-state index contributed by atoms with van der Waals surface area (Å²) in [4.78, 5) is 11.7. The van der Waals surface area contributed by atoms with Crippen molar-refractivity contribution >= 4 is 29.0 Å². The molecule has 0 spiro atoms. The molecule has 0 aliphatic carbocycles. The first-order valence-electron chi connectivity index (χ1n) is 8.27. The van der Waals surface area contributed by atoms with Gasteiger partial charge in [-0.3, -0.25) is 0 Å². The van der Waals surface area contributed by atoms with E-state index in [4.69, 9.17) is 17.0 Å². The molecule has 0 aliphatic rings. The number of carbonyl (C=O) groups excluding carboxylic acids is 1. The highest BCUT2D eigenvalue weighted by Crippen LogP contribution is 2.20. The summed E-state index contributed by atoms with van der Waals surface area (Å²) >= 11 is 5.46. The van der Waals surface area contributed by atoms with Gasteiger partial charge >= 0.3 is 5.97 Å². The highest BCUT2D eigenvalue weighted by atomic mass is 32.1. The Morgan fingerprint density at radius 1 is 1.16 bits per heavy atom. The topological polar surface area (TPSA) is 50.4 Å². The lowest BCUT2D eigenvalue weighted by Gasteiger charge is -2.21. The molecule has 132 valence electrons. The van der Waals surface area contributed by atoms with E-state index in [1.165, 1.54) is 18.2 Å². The summed E-state index contributed by atoms with van der Waals surface area (Å²) in [5, 5.41) is 7.06. The zero-order valence-corrected chi connectivity index (χ0v) is 15.9. The van der Waals surface area contributed by atoms with Crippen LogP contribution in [0, 0.1) is 13.8 Å². The normalized spacial score (nSPS) is 11.5. The Balaban J connectivity index is 2.10. The minimum atomic E-state index is -0.368. The summed E-state index contributed by atoms with van der Waals surface area (Å²) in [6.45, 7) is 6.15. The first-order valence-corrected chi connectivity index (χ1v) is 8.68. The molecule has 0 aromatic heterocycles. The van der Waals surface area contributed by atoms with Crippen molar-refractivity contribution in [1.82, 2.24) is 5.32 Å². The van der Waals surface area contributed by atoms with Gasteiger partial charge in [0.25, 0.3) is 0 Å². The van der Waals surface area contributed by atoms with Gasteiger partial charge in [0.2, 0.25) is 0 Å². The number of carbonyl (C=O) groups is 1. The molecule has 2 aromatic carbocycles. The number of methoxy groups -OCH3 is 1. The monoisotopic (exact) mass is 356 g/mol. The van der Waals surface area contributed by atoms with E-state index in [0.717, 1.165) is 17.7 Å². The molecule has 0 unspecified atom stereocenters. The molecule has 0 radical (unpaired) electrons. The number of hydrogen-bond donors (Lipinski definition) is 2. The summed E-state index contributed by atoms with van der Waals surface area (Å²) < 4.78 is 4.77. The molecule has 4 nitrogen and oxygen atoms in total. The van der Waals surface area contributed by atoms with Crippen molar-refractivity contribution in [3.8, 4) is 0 Å². The molecule has 0 saturated carbocycles. The van der Waals surface area contributed by atoms with Crippen LogP contribution in [-0.4, -0.2) is 18.2 Å². The maximum atomic E-state index is 11.7. The first kappa shape index (κ1) is 18.9. The molecule has 2 rings (SSSR count). The Morgan fingerprint density at radius 3 is 2.44 bits per heavy atom. The van der Waals surface area contributed by atoms with Crippen molar-refractivity contribution in [3.05, 3.63) is 64.7 Å². The largest absolute Gasteiger partial charge is 0.465 e. The second-order valence-electron chi connectivity index (χ2n) is 5.99. The molecule has 0 fully saturated rings. The van der Waals surface area contributed by atoms with Gasteiger partial charge in [0.15, 0.2) is 5.11 Å². The van der Waals surface area contributed by atoms with E-state index in [0.29, 0.717) is 10.7 Å². The maximum absolute atomic E-state index is 11.7. The molecule has 2 N–H and O–H groups in total. The molecule has 0 heterocycles. The fraction of sp³-hybridized carbons (Fsp3) is 0.300. The molecule has 0 aliphatic heterocycles. The standard InChI is InChI=1S/C20H24N2O2S/c1-5-17(15-9-6-13(2)7-10-15)21-20(25)22-18-12-16(19(23)24-4)11-8-14(18)3/h6-12,17H,5H2,1-4H3,(H2,21,22,25)/t17-/m0/s1. The third kappa shape index (κ3) is 5.03. The summed E-state index contributed by atoms with van der Waals surface area (Å²) in [5.41, 5.74) is 4.70. The number of nitrogens with one attached hydrogen (secondary N) is 2. The minimum absolute atomic E-state index is 0.129. The van der Waals surface area contributed by atoms with Gasteiger partial charge in [0.1, 0.15) is 0 Å². The highest BCUT2D eigenvalue weighted by Gasteiger charge is 2.12. The predicted octanol–water partition coefficient (Wildman–Crippen LogP) is 4.53. The van der Waals surface area contributed by atoms with Gasteiger partial charge in [-0.2, -0.15) is 0 Å². The fourth-order valence-corrected chi connectivity index (χ4v) is 2.79. The van der Waals surface area contributed by atoms with Crippen molar-refractivity contribution in [3.63, 3.8) is 0 Å². The third-order valence-corrected chi connectivity index (χ3v) is 4.32. The van der Waals surface area contributed by atoms with Crippen LogP contribution in [0.5, 0.6) is 0 Å². The van der Waals surface area contributed by atoms with Crippen LogP contribution in [0.15, 0.2) is 42.5 Å². The number of thiocarbonyl (C=S) groups is 1. The van der Waals surface area contributed by atoms with Crippen LogP contribution in [0.2, 0.25) is 0 Å². The van der Waals surface area contributed by atoms with E-state index in [1.807, 2.05) is 13.0 Å². The zero-order valence-electron chi connectivity index (χ0n) is 15.1. The molecular formula is C20H24N2O2S. The van der Waals surface area contributed by atoms with Crippen LogP contribution >= 0.6 is 12.2 Å². The van der Waals surface area contributed by atoms with E-state index < -0.39 is 0 Å². The van der Waals surface area contributed by atoms with Crippen LogP contribution in [-0.2, 0) is 4.74 Å². The summed E-state index contributed by atoms with van der Waals surface area (Å²) in [7, 11) is 1.37. The molecule has 0 saturated heterocycles. The molecular weight excluding hydrogens is 332 g/mol. The molecule has 0 bridgehead atoms. The number of esters is 1. The number of ether oxygens (including phenoxy) is 1. The lowest BCUT2D eigenvalue weighted by Crippen LogP contribution is -2.32. The van der Waals surface area contributed by atoms with Gasteiger partial charge in [-0.15, -0.1) is 0 Å². The Labute approximate surface area is 154 Å². The van der Waals surface area contributed by atoms with Gasteiger partial charge in [0.05, 0.1) is 18.7 Å². The minimum Gasteiger partial charge on any atom is -0.465 e. The lowest BCUT2D eigenvalue weighted by molar-refractivity contribution is 0.0601. The van der Waals surface area contributed by atoms with E-state index in [1.54, 1.807) is 12.1 Å². The highest BCUT2D eigenvalue weighted by molar-refractivity contribution is 7.80. The maximum Gasteiger partial charge on any atom is 0.337 e. The number of rotatable bonds is 5. The summed E-state index contributed by atoms with van der Waals surface area (Å²) in [6.07, 6.45) is 0.909.